The molecule has 0 saturated carbocycles. The van der Waals surface area contributed by atoms with E-state index in [-0.39, 0.29) is 0 Å². The zero-order valence-electron chi connectivity index (χ0n) is 7.83. The smallest absolute Gasteiger partial charge is 0.0472 e. The van der Waals surface area contributed by atoms with Crippen LogP contribution in [0.2, 0.25) is 0 Å². The quantitative estimate of drug-likeness (QED) is 0.467. The third kappa shape index (κ3) is 7.77. The summed E-state index contributed by atoms with van der Waals surface area (Å²) in [6, 6.07) is 0. The summed E-state index contributed by atoms with van der Waals surface area (Å²) in [4.78, 5) is 0. The van der Waals surface area contributed by atoms with Crippen LogP contribution in [0, 0.1) is 0 Å². The van der Waals surface area contributed by atoms with Crippen molar-refractivity contribution in [3.63, 3.8) is 0 Å². The molecule has 0 spiro atoms. The summed E-state index contributed by atoms with van der Waals surface area (Å²) in [6.07, 6.45) is 0. The minimum Gasteiger partial charge on any atom is -0.119 e. The Morgan fingerprint density at radius 3 is 2.00 bits per heavy atom. The maximum absolute atomic E-state index is 2.27. The monoisotopic (exact) mass is 240 g/mol. The lowest BCUT2D eigenvalue weighted by Crippen LogP contribution is -1.72. The minimum atomic E-state index is 1.18. The van der Waals surface area contributed by atoms with Crippen molar-refractivity contribution in [2.24, 2.45) is 0 Å². The maximum Gasteiger partial charge on any atom is 0.0472 e. The first kappa shape index (κ1) is 13.1. The summed E-state index contributed by atoms with van der Waals surface area (Å²) in [5.41, 5.74) is 0. The molecule has 0 aromatic rings. The van der Waals surface area contributed by atoms with Gasteiger partial charge in [-0.25, -0.2) is 0 Å². The molecule has 0 nitrogen and oxygen atoms in total. The second-order valence-corrected chi connectivity index (χ2v) is 7.20. The molecule has 0 aliphatic rings. The van der Waals surface area contributed by atoms with E-state index in [9.17, 15) is 0 Å². The third-order valence-corrected chi connectivity index (χ3v) is 5.40. The fourth-order valence-corrected chi connectivity index (χ4v) is 4.53. The summed E-state index contributed by atoms with van der Waals surface area (Å²) < 4.78 is 1.46. The van der Waals surface area contributed by atoms with Gasteiger partial charge in [-0.3, -0.25) is 0 Å². The second kappa shape index (κ2) is 10.2. The van der Waals surface area contributed by atoms with Crippen LogP contribution in [0.15, 0.2) is 9.65 Å². The van der Waals surface area contributed by atoms with Gasteiger partial charge in [0, 0.05) is 15.4 Å². The van der Waals surface area contributed by atoms with Gasteiger partial charge >= 0.3 is 0 Å². The van der Waals surface area contributed by atoms with Gasteiger partial charge in [0.15, 0.2) is 0 Å². The molecule has 4 heteroatoms. The Kier molecular flexibility index (Phi) is 11.2. The Bertz CT molecular complexity index is 114. The van der Waals surface area contributed by atoms with E-state index in [1.54, 1.807) is 0 Å². The predicted molar refractivity (Wildman–Crippen MR) is 70.1 cm³/mol. The van der Waals surface area contributed by atoms with Crippen molar-refractivity contribution >= 4 is 45.1 Å². The fourth-order valence-electron chi connectivity index (χ4n) is 0.536. The van der Waals surface area contributed by atoms with E-state index >= 15 is 0 Å². The highest BCUT2D eigenvalue weighted by Gasteiger charge is 1.95. The number of hydrogen-bond donors (Lipinski definition) is 0. The Morgan fingerprint density at radius 1 is 1.00 bits per heavy atom. The lowest BCUT2D eigenvalue weighted by atomic mass is 11.0. The average Bonchev–Trinajstić information content (AvgIpc) is 2.06. The molecule has 0 aromatic heterocycles. The predicted octanol–water partition coefficient (Wildman–Crippen LogP) is 4.69. The molecule has 12 heavy (non-hydrogen) atoms. The standard InChI is InChI=1S/C8H16S4/c1-4-9-8(10-5-2)7-12-11-6-3/h7H,4-6H2,1-3H3. The molecule has 0 rings (SSSR count). The molecule has 0 unspecified atom stereocenters. The lowest BCUT2D eigenvalue weighted by molar-refractivity contribution is 1.53. The molecule has 0 saturated heterocycles. The molecule has 0 N–H and O–H groups in total. The summed E-state index contributed by atoms with van der Waals surface area (Å²) in [7, 11) is 3.76. The van der Waals surface area contributed by atoms with Gasteiger partial charge in [-0.2, -0.15) is 0 Å². The van der Waals surface area contributed by atoms with E-state index in [1.165, 1.54) is 21.5 Å². The van der Waals surface area contributed by atoms with Crippen molar-refractivity contribution in [1.29, 1.82) is 0 Å². The highest BCUT2D eigenvalue weighted by molar-refractivity contribution is 8.78. The van der Waals surface area contributed by atoms with Crippen LogP contribution in [0.5, 0.6) is 0 Å². The first-order chi connectivity index (χ1) is 5.85. The molecule has 0 radical (unpaired) electrons. The summed E-state index contributed by atoms with van der Waals surface area (Å²) >= 11 is 3.88. The largest absolute Gasteiger partial charge is 0.119 e. The van der Waals surface area contributed by atoms with Crippen molar-refractivity contribution in [1.82, 2.24) is 0 Å². The van der Waals surface area contributed by atoms with E-state index in [0.29, 0.717) is 0 Å². The van der Waals surface area contributed by atoms with Gasteiger partial charge in [-0.1, -0.05) is 42.4 Å². The van der Waals surface area contributed by atoms with Gasteiger partial charge in [0.1, 0.15) is 0 Å². The normalized spacial score (nSPS) is 9.92. The van der Waals surface area contributed by atoms with Gasteiger partial charge in [0.05, 0.1) is 0 Å². The van der Waals surface area contributed by atoms with E-state index in [0.717, 1.165) is 0 Å². The Labute approximate surface area is 92.5 Å². The van der Waals surface area contributed by atoms with Crippen LogP contribution in [0.25, 0.3) is 0 Å². The Morgan fingerprint density at radius 2 is 1.58 bits per heavy atom. The van der Waals surface area contributed by atoms with Crippen LogP contribution in [0.3, 0.4) is 0 Å². The average molecular weight is 240 g/mol. The maximum atomic E-state index is 2.27. The highest BCUT2D eigenvalue weighted by atomic mass is 33.1. The lowest BCUT2D eigenvalue weighted by Gasteiger charge is -2.01. The summed E-state index contributed by atoms with van der Waals surface area (Å²) in [5.74, 6) is 3.54. The van der Waals surface area contributed by atoms with E-state index < -0.39 is 0 Å². The van der Waals surface area contributed by atoms with E-state index in [1.807, 2.05) is 45.1 Å². The fraction of sp³-hybridized carbons (Fsp3) is 0.750. The molecule has 72 valence electrons. The first-order valence-corrected chi connectivity index (χ1v) is 8.44. The van der Waals surface area contributed by atoms with Crippen molar-refractivity contribution in [2.45, 2.75) is 20.8 Å². The Balaban J connectivity index is 3.64. The van der Waals surface area contributed by atoms with Crippen LogP contribution < -0.4 is 0 Å². The summed E-state index contributed by atoms with van der Waals surface area (Å²) in [6.45, 7) is 6.59. The van der Waals surface area contributed by atoms with Crippen molar-refractivity contribution in [3.8, 4) is 0 Å². The van der Waals surface area contributed by atoms with Crippen LogP contribution in [-0.4, -0.2) is 17.3 Å². The SMILES string of the molecule is CCSSC=C(SCC)SCC. The van der Waals surface area contributed by atoms with Crippen molar-refractivity contribution < 1.29 is 0 Å². The topological polar surface area (TPSA) is 0 Å². The van der Waals surface area contributed by atoms with Crippen molar-refractivity contribution in [2.75, 3.05) is 17.3 Å². The van der Waals surface area contributed by atoms with Crippen LogP contribution in [0.1, 0.15) is 20.8 Å². The zero-order chi connectivity index (χ0) is 9.23. The molecule has 0 aromatic carbocycles. The Hall–Kier alpha value is 1.14. The molecule has 0 heterocycles. The van der Waals surface area contributed by atoms with Crippen LogP contribution >= 0.6 is 45.1 Å². The molecule has 0 aliphatic carbocycles. The van der Waals surface area contributed by atoms with E-state index in [2.05, 4.69) is 26.2 Å². The molecule has 0 amide bonds. The molecule has 0 atom stereocenters. The number of hydrogen-bond acceptors (Lipinski definition) is 4. The minimum absolute atomic E-state index is 1.18. The molecule has 0 aliphatic heterocycles. The molecule has 0 fully saturated rings. The number of rotatable bonds is 7. The third-order valence-electron chi connectivity index (χ3n) is 0.903. The summed E-state index contributed by atoms with van der Waals surface area (Å²) in [5, 5.41) is 2.27. The van der Waals surface area contributed by atoms with Gasteiger partial charge in [-0.05, 0) is 11.5 Å². The highest BCUT2D eigenvalue weighted by Crippen LogP contribution is 2.33. The first-order valence-electron chi connectivity index (χ1n) is 4.09. The van der Waals surface area contributed by atoms with Crippen LogP contribution in [0.4, 0.5) is 0 Å². The molecular weight excluding hydrogens is 224 g/mol. The van der Waals surface area contributed by atoms with Gasteiger partial charge < -0.3 is 0 Å². The van der Waals surface area contributed by atoms with Gasteiger partial charge in [0.25, 0.3) is 0 Å². The van der Waals surface area contributed by atoms with Crippen LogP contribution in [-0.2, 0) is 0 Å². The molecular formula is C8H16S4. The second-order valence-electron chi connectivity index (χ2n) is 1.81. The number of thioether (sulfide) groups is 2. The zero-order valence-corrected chi connectivity index (χ0v) is 11.1. The molecule has 0 bridgehead atoms. The van der Waals surface area contributed by atoms with Gasteiger partial charge in [-0.15, -0.1) is 23.5 Å². The van der Waals surface area contributed by atoms with Crippen molar-refractivity contribution in [3.05, 3.63) is 9.65 Å². The van der Waals surface area contributed by atoms with Gasteiger partial charge in [0.2, 0.25) is 0 Å². The van der Waals surface area contributed by atoms with E-state index in [4.69, 9.17) is 0 Å².